The first-order valence-electron chi connectivity index (χ1n) is 9.81. The van der Waals surface area contributed by atoms with E-state index in [0.29, 0.717) is 12.2 Å². The van der Waals surface area contributed by atoms with Gasteiger partial charge < -0.3 is 15.5 Å². The quantitative estimate of drug-likeness (QED) is 0.564. The van der Waals surface area contributed by atoms with Crippen LogP contribution in [0.4, 0.5) is 15.8 Å². The van der Waals surface area contributed by atoms with E-state index in [1.807, 2.05) is 4.90 Å². The molecule has 2 N–H and O–H groups in total. The Bertz CT molecular complexity index is 1190. The molecule has 2 aromatic rings. The number of sulfone groups is 1. The fourth-order valence-corrected chi connectivity index (χ4v) is 5.01. The van der Waals surface area contributed by atoms with Gasteiger partial charge in [0.25, 0.3) is 16.0 Å². The molecule has 1 amide bonds. The maximum atomic E-state index is 13.7. The molecule has 0 unspecified atom stereocenters. The molecule has 1 fully saturated rings. The zero-order chi connectivity index (χ0) is 23.4. The SMILES string of the molecule is CS(=O)(=O)OCC(=O)Nc1cc(N2CCCNCC2)ccc1S(=O)(=O)c1cccc(F)c1. The van der Waals surface area contributed by atoms with Gasteiger partial charge in [-0.15, -0.1) is 0 Å². The third-order valence-corrected chi connectivity index (χ3v) is 7.10. The van der Waals surface area contributed by atoms with Gasteiger partial charge in [-0.25, -0.2) is 12.8 Å². The number of hydrogen-bond donors (Lipinski definition) is 2. The summed E-state index contributed by atoms with van der Waals surface area (Å²) in [5, 5.41) is 5.70. The van der Waals surface area contributed by atoms with Crippen molar-refractivity contribution in [2.45, 2.75) is 16.2 Å². The Morgan fingerprint density at radius 1 is 1.12 bits per heavy atom. The van der Waals surface area contributed by atoms with Crippen molar-refractivity contribution in [2.24, 2.45) is 0 Å². The number of halogens is 1. The predicted molar refractivity (Wildman–Crippen MR) is 117 cm³/mol. The first-order chi connectivity index (χ1) is 15.1. The van der Waals surface area contributed by atoms with Crippen LogP contribution in [-0.2, 0) is 28.9 Å². The highest BCUT2D eigenvalue weighted by Crippen LogP contribution is 2.32. The van der Waals surface area contributed by atoms with Crippen LogP contribution < -0.4 is 15.5 Å². The van der Waals surface area contributed by atoms with Crippen LogP contribution in [0.1, 0.15) is 6.42 Å². The summed E-state index contributed by atoms with van der Waals surface area (Å²) < 4.78 is 66.9. The van der Waals surface area contributed by atoms with Crippen molar-refractivity contribution in [2.75, 3.05) is 49.3 Å². The Morgan fingerprint density at radius 2 is 1.91 bits per heavy atom. The number of anilines is 2. The summed E-state index contributed by atoms with van der Waals surface area (Å²) in [7, 11) is -8.04. The van der Waals surface area contributed by atoms with E-state index in [-0.39, 0.29) is 15.5 Å². The molecule has 3 rings (SSSR count). The molecule has 32 heavy (non-hydrogen) atoms. The highest BCUT2D eigenvalue weighted by molar-refractivity contribution is 7.91. The summed E-state index contributed by atoms with van der Waals surface area (Å²) >= 11 is 0. The molecule has 174 valence electrons. The number of hydrogen-bond acceptors (Lipinski definition) is 8. The average molecular weight is 486 g/mol. The van der Waals surface area contributed by atoms with Gasteiger partial charge >= 0.3 is 0 Å². The van der Waals surface area contributed by atoms with Crippen molar-refractivity contribution < 1.29 is 30.2 Å². The molecule has 0 bridgehead atoms. The molecule has 9 nitrogen and oxygen atoms in total. The van der Waals surface area contributed by atoms with Gasteiger partial charge in [0.1, 0.15) is 12.4 Å². The zero-order valence-electron chi connectivity index (χ0n) is 17.4. The lowest BCUT2D eigenvalue weighted by Gasteiger charge is -2.24. The highest BCUT2D eigenvalue weighted by atomic mass is 32.2. The topological polar surface area (TPSA) is 122 Å². The van der Waals surface area contributed by atoms with E-state index < -0.39 is 38.3 Å². The van der Waals surface area contributed by atoms with Crippen LogP contribution in [0.2, 0.25) is 0 Å². The number of nitrogens with zero attached hydrogens (tertiary/aromatic N) is 1. The highest BCUT2D eigenvalue weighted by Gasteiger charge is 2.24. The molecule has 1 aliphatic rings. The van der Waals surface area contributed by atoms with Crippen LogP contribution in [-0.4, -0.2) is 61.8 Å². The second-order valence-electron chi connectivity index (χ2n) is 7.25. The summed E-state index contributed by atoms with van der Waals surface area (Å²) in [5.74, 6) is -1.56. The van der Waals surface area contributed by atoms with Gasteiger partial charge in [-0.1, -0.05) is 6.07 Å². The Labute approximate surface area is 186 Å². The van der Waals surface area contributed by atoms with Crippen LogP contribution in [0.25, 0.3) is 0 Å². The molecule has 1 heterocycles. The fraction of sp³-hybridized carbons (Fsp3) is 0.350. The Morgan fingerprint density at radius 3 is 2.62 bits per heavy atom. The predicted octanol–water partition coefficient (Wildman–Crippen LogP) is 1.37. The van der Waals surface area contributed by atoms with Crippen LogP contribution in [0.15, 0.2) is 52.3 Å². The molecule has 0 aromatic heterocycles. The van der Waals surface area contributed by atoms with Gasteiger partial charge in [0, 0.05) is 25.3 Å². The molecular formula is C20H24FN3O6S2. The molecule has 12 heteroatoms. The number of nitrogens with one attached hydrogen (secondary N) is 2. The largest absolute Gasteiger partial charge is 0.370 e. The van der Waals surface area contributed by atoms with E-state index in [9.17, 15) is 26.0 Å². The minimum absolute atomic E-state index is 0.0499. The minimum Gasteiger partial charge on any atom is -0.370 e. The monoisotopic (exact) mass is 485 g/mol. The van der Waals surface area contributed by atoms with Gasteiger partial charge in [0.05, 0.1) is 21.7 Å². The maximum absolute atomic E-state index is 13.7. The molecule has 2 aromatic carbocycles. The van der Waals surface area contributed by atoms with E-state index in [1.54, 1.807) is 6.07 Å². The van der Waals surface area contributed by atoms with Crippen molar-refractivity contribution >= 4 is 37.2 Å². The first kappa shape index (κ1) is 24.1. The summed E-state index contributed by atoms with van der Waals surface area (Å²) in [5.41, 5.74) is 0.636. The second-order valence-corrected chi connectivity index (χ2v) is 10.8. The minimum atomic E-state index is -4.18. The van der Waals surface area contributed by atoms with Crippen LogP contribution in [0.5, 0.6) is 0 Å². The van der Waals surface area contributed by atoms with E-state index in [1.165, 1.54) is 24.3 Å². The third-order valence-electron chi connectivity index (χ3n) is 4.74. The van der Waals surface area contributed by atoms with Crippen molar-refractivity contribution in [3.8, 4) is 0 Å². The van der Waals surface area contributed by atoms with Crippen molar-refractivity contribution in [3.63, 3.8) is 0 Å². The van der Waals surface area contributed by atoms with Crippen molar-refractivity contribution in [3.05, 3.63) is 48.3 Å². The van der Waals surface area contributed by atoms with Gasteiger partial charge in [0.2, 0.25) is 9.84 Å². The van der Waals surface area contributed by atoms with Crippen LogP contribution >= 0.6 is 0 Å². The smallest absolute Gasteiger partial charge is 0.264 e. The summed E-state index contributed by atoms with van der Waals surface area (Å²) in [6, 6.07) is 9.03. The second kappa shape index (κ2) is 9.94. The van der Waals surface area contributed by atoms with Crippen LogP contribution in [0.3, 0.4) is 0 Å². The van der Waals surface area contributed by atoms with E-state index in [2.05, 4.69) is 14.8 Å². The Hall–Kier alpha value is -2.54. The fourth-order valence-electron chi connectivity index (χ4n) is 3.26. The van der Waals surface area contributed by atoms with E-state index >= 15 is 0 Å². The number of carbonyl (C=O) groups is 1. The normalized spacial score (nSPS) is 15.2. The van der Waals surface area contributed by atoms with E-state index in [4.69, 9.17) is 0 Å². The van der Waals surface area contributed by atoms with E-state index in [0.717, 1.165) is 44.4 Å². The Kier molecular flexibility index (Phi) is 7.49. The lowest BCUT2D eigenvalue weighted by Crippen LogP contribution is -2.28. The molecule has 0 radical (unpaired) electrons. The summed E-state index contributed by atoms with van der Waals surface area (Å²) in [6.45, 7) is 2.20. The average Bonchev–Trinajstić information content (AvgIpc) is 3.01. The molecule has 0 aliphatic carbocycles. The molecule has 0 saturated carbocycles. The number of carbonyl (C=O) groups excluding carboxylic acids is 1. The first-order valence-corrected chi connectivity index (χ1v) is 13.1. The van der Waals surface area contributed by atoms with Gasteiger partial charge in [-0.05, 0) is 49.4 Å². The molecule has 1 saturated heterocycles. The number of amides is 1. The van der Waals surface area contributed by atoms with Gasteiger partial charge in [-0.3, -0.25) is 8.98 Å². The van der Waals surface area contributed by atoms with Crippen LogP contribution in [0, 0.1) is 5.82 Å². The van der Waals surface area contributed by atoms with Crippen molar-refractivity contribution in [1.82, 2.24) is 5.32 Å². The standard InChI is InChI=1S/C20H24FN3O6S2/c1-31(26,27)30-14-20(25)23-18-13-16(24-10-3-8-22-9-11-24)6-7-19(18)32(28,29)17-5-2-4-15(21)12-17/h2,4-7,12-13,22H,3,8-11,14H2,1H3,(H,23,25). The zero-order valence-corrected chi connectivity index (χ0v) is 19.0. The Balaban J connectivity index is 2.00. The maximum Gasteiger partial charge on any atom is 0.264 e. The number of rotatable bonds is 7. The van der Waals surface area contributed by atoms with Gasteiger partial charge in [-0.2, -0.15) is 8.42 Å². The molecular weight excluding hydrogens is 461 g/mol. The third kappa shape index (κ3) is 6.25. The number of benzene rings is 2. The van der Waals surface area contributed by atoms with Crippen molar-refractivity contribution in [1.29, 1.82) is 0 Å². The summed E-state index contributed by atoms with van der Waals surface area (Å²) in [6.07, 6.45) is 1.68. The molecule has 1 aliphatic heterocycles. The lowest BCUT2D eigenvalue weighted by molar-refractivity contribution is -0.118. The lowest BCUT2D eigenvalue weighted by atomic mass is 10.2. The molecule has 0 atom stereocenters. The molecule has 0 spiro atoms. The summed E-state index contributed by atoms with van der Waals surface area (Å²) in [4.78, 5) is 13.8. The van der Waals surface area contributed by atoms with Gasteiger partial charge in [0.15, 0.2) is 0 Å².